The number of H-pyrrole nitrogens is 1. The number of nitrogens with zero attached hydrogens (tertiary/aromatic N) is 5. The van der Waals surface area contributed by atoms with Gasteiger partial charge in [-0.2, -0.15) is 13.2 Å². The number of anilines is 2. The Morgan fingerprint density at radius 1 is 0.938 bits per heavy atom. The molecule has 6 aromatic rings. The van der Waals surface area contributed by atoms with Gasteiger partial charge in [0.05, 0.1) is 41.4 Å². The summed E-state index contributed by atoms with van der Waals surface area (Å²) in [6.07, 6.45) is 5.14. The van der Waals surface area contributed by atoms with Crippen LogP contribution in [0.2, 0.25) is 0 Å². The molecule has 17 nitrogen and oxygen atoms in total. The van der Waals surface area contributed by atoms with Crippen LogP contribution in [0.3, 0.4) is 0 Å². The Kier molecular flexibility index (Phi) is 15.9. The fraction of sp³-hybridized carbons (Fsp3) is 0.458. The number of ether oxygens (including phenoxy) is 3. The van der Waals surface area contributed by atoms with E-state index < -0.39 is 48.8 Å². The Balaban J connectivity index is 0.836. The number of nitro groups is 1. The smallest absolute Gasteiger partial charge is 0.420 e. The molecule has 2 saturated carbocycles. The minimum absolute atomic E-state index is 0.0169. The molecule has 10 rings (SSSR count). The van der Waals surface area contributed by atoms with Crippen molar-refractivity contribution in [3.63, 3.8) is 0 Å². The topological polar surface area (TPSA) is 205 Å². The summed E-state index contributed by atoms with van der Waals surface area (Å²) < 4.78 is 89.7. The lowest BCUT2D eigenvalue weighted by Crippen LogP contribution is -2.60. The van der Waals surface area contributed by atoms with E-state index in [2.05, 4.69) is 72.8 Å². The first-order valence-electron chi connectivity index (χ1n) is 27.3. The van der Waals surface area contributed by atoms with Gasteiger partial charge in [-0.05, 0) is 141 Å². The van der Waals surface area contributed by atoms with Gasteiger partial charge >= 0.3 is 6.18 Å². The number of aromatic nitrogens is 2. The van der Waals surface area contributed by atoms with Crippen molar-refractivity contribution in [1.29, 1.82) is 0 Å². The second-order valence-electron chi connectivity index (χ2n) is 22.8. The molecule has 4 aromatic carbocycles. The number of nitrogens with one attached hydrogen (secondary N) is 3. The number of halogens is 3. The number of piperidine rings is 1. The van der Waals surface area contributed by atoms with Crippen LogP contribution in [-0.4, -0.2) is 109 Å². The highest BCUT2D eigenvalue weighted by Gasteiger charge is 2.50. The minimum Gasteiger partial charge on any atom is -0.493 e. The summed E-state index contributed by atoms with van der Waals surface area (Å²) in [5, 5.41) is 26.5. The quantitative estimate of drug-likeness (QED) is 0.0496. The summed E-state index contributed by atoms with van der Waals surface area (Å²) in [5.74, 6) is -0.445. The van der Waals surface area contributed by atoms with E-state index in [1.165, 1.54) is 55.8 Å². The van der Waals surface area contributed by atoms with E-state index in [1.54, 1.807) is 37.4 Å². The first kappa shape index (κ1) is 56.3. The number of pyridine rings is 1. The van der Waals surface area contributed by atoms with Crippen molar-refractivity contribution in [2.75, 3.05) is 63.7 Å². The number of benzene rings is 4. The van der Waals surface area contributed by atoms with Crippen LogP contribution >= 0.6 is 0 Å². The number of hydrogen-bond acceptors (Lipinski definition) is 14. The van der Waals surface area contributed by atoms with Crippen LogP contribution in [0.15, 0.2) is 102 Å². The number of piperazine rings is 1. The molecule has 21 heteroatoms. The molecule has 2 aromatic heterocycles. The van der Waals surface area contributed by atoms with E-state index in [-0.39, 0.29) is 51.8 Å². The predicted octanol–water partition coefficient (Wildman–Crippen LogP) is 11.2. The van der Waals surface area contributed by atoms with E-state index in [0.717, 1.165) is 62.2 Å². The number of carbonyl (C=O) groups is 1. The number of carbonyl (C=O) groups excluding carboxylic acids is 1. The zero-order valence-electron chi connectivity index (χ0n) is 45.6. The third kappa shape index (κ3) is 12.1. The van der Waals surface area contributed by atoms with Gasteiger partial charge < -0.3 is 34.5 Å². The summed E-state index contributed by atoms with van der Waals surface area (Å²) >= 11 is 0. The molecule has 4 heterocycles. The molecular weight excluding hydrogens is 1050 g/mol. The van der Waals surface area contributed by atoms with Crippen LogP contribution in [-0.2, 0) is 22.7 Å². The van der Waals surface area contributed by atoms with Crippen molar-refractivity contribution in [3.05, 3.63) is 135 Å². The van der Waals surface area contributed by atoms with Crippen molar-refractivity contribution >= 4 is 44.0 Å². The molecule has 80 heavy (non-hydrogen) atoms. The third-order valence-corrected chi connectivity index (χ3v) is 18.3. The van der Waals surface area contributed by atoms with E-state index in [1.807, 2.05) is 6.07 Å². The number of rotatable bonds is 17. The van der Waals surface area contributed by atoms with Crippen LogP contribution in [0.5, 0.6) is 23.0 Å². The minimum atomic E-state index is -4.63. The molecule has 0 bridgehead atoms. The highest BCUT2D eigenvalue weighted by atomic mass is 32.2. The van der Waals surface area contributed by atoms with Crippen molar-refractivity contribution in [3.8, 4) is 23.0 Å². The van der Waals surface area contributed by atoms with Gasteiger partial charge in [0.2, 0.25) is 0 Å². The molecule has 4 fully saturated rings. The molecule has 0 radical (unpaired) electrons. The lowest BCUT2D eigenvalue weighted by atomic mass is 9.59. The normalized spacial score (nSPS) is 21.1. The van der Waals surface area contributed by atoms with E-state index >= 15 is 0 Å². The molecule has 1 spiro atoms. The molecule has 4 N–H and O–H groups in total. The fourth-order valence-corrected chi connectivity index (χ4v) is 13.5. The number of alkyl halides is 3. The van der Waals surface area contributed by atoms with Gasteiger partial charge in [-0.1, -0.05) is 38.1 Å². The van der Waals surface area contributed by atoms with Gasteiger partial charge in [0.25, 0.3) is 21.6 Å². The average Bonchev–Trinajstić information content (AvgIpc) is 4.00. The van der Waals surface area contributed by atoms with Crippen molar-refractivity contribution in [2.24, 2.45) is 11.3 Å². The molecule has 4 aliphatic rings. The number of nitro benzene ring substituents is 1. The van der Waals surface area contributed by atoms with Gasteiger partial charge in [0, 0.05) is 87.3 Å². The summed E-state index contributed by atoms with van der Waals surface area (Å²) in [5.41, 5.74) is 2.49. The fourth-order valence-electron chi connectivity index (χ4n) is 12.5. The molecule has 1 amide bonds. The number of amides is 1. The second-order valence-corrected chi connectivity index (χ2v) is 24.4. The standard InChI is InChI=1S/C59H69F3N8O9S/c1-37(2)45-8-6-7-9-46(45)51-36-67(35-39-26-48(59(60,61)62)54(78-5)53(27-39)77-4)24-25-69(51)42-31-58(32-42)19-22-68(23-20-58)41-10-12-47(52(29-41)79-43-28-40-16-21-63-55(40)65-34-43)56(71)66-80(75,76)44-11-13-49(50(30-44)70(73)74)64-33-38-14-17-57(3,72)18-15-38/h6-13,16,21,26-30,34,37-38,42,51,64,72H,14-15,17-20,22-25,31-33,35-36H2,1-5H3,(H,63,65)(H,66,71). The Bertz CT molecular complexity index is 3360. The van der Waals surface area contributed by atoms with Crippen LogP contribution in [0, 0.1) is 21.4 Å². The zero-order valence-corrected chi connectivity index (χ0v) is 46.5. The molecule has 2 aliphatic heterocycles. The predicted molar refractivity (Wildman–Crippen MR) is 298 cm³/mol. The monoisotopic (exact) mass is 1120 g/mol. The highest BCUT2D eigenvalue weighted by molar-refractivity contribution is 7.90. The lowest BCUT2D eigenvalue weighted by Gasteiger charge is -2.58. The zero-order chi connectivity index (χ0) is 56.7. The molecule has 2 aliphatic carbocycles. The number of fused-ring (bicyclic) bond motifs is 1. The molecule has 1 atom stereocenters. The van der Waals surface area contributed by atoms with Gasteiger partial charge in [0.1, 0.15) is 28.4 Å². The second kappa shape index (κ2) is 22.5. The highest BCUT2D eigenvalue weighted by Crippen LogP contribution is 2.54. The molecule has 426 valence electrons. The third-order valence-electron chi connectivity index (χ3n) is 17.0. The number of methoxy groups -OCH3 is 2. The number of aromatic amines is 1. The van der Waals surface area contributed by atoms with Crippen LogP contribution < -0.4 is 29.1 Å². The first-order chi connectivity index (χ1) is 38.1. The largest absolute Gasteiger partial charge is 0.493 e. The molecular formula is C59H69F3N8O9S. The van der Waals surface area contributed by atoms with Gasteiger partial charge in [-0.15, -0.1) is 0 Å². The van der Waals surface area contributed by atoms with Gasteiger partial charge in [-0.25, -0.2) is 18.1 Å². The van der Waals surface area contributed by atoms with Crippen LogP contribution in [0.1, 0.15) is 117 Å². The van der Waals surface area contributed by atoms with Crippen molar-refractivity contribution < 1.29 is 50.6 Å². The van der Waals surface area contributed by atoms with Crippen molar-refractivity contribution in [2.45, 2.75) is 113 Å². The maximum atomic E-state index is 14.3. The maximum absolute atomic E-state index is 14.3. The Labute approximate surface area is 464 Å². The van der Waals surface area contributed by atoms with E-state index in [0.29, 0.717) is 75.1 Å². The summed E-state index contributed by atoms with van der Waals surface area (Å²) in [7, 11) is -2.08. The summed E-state index contributed by atoms with van der Waals surface area (Å²) in [6, 6.07) is 23.7. The van der Waals surface area contributed by atoms with Crippen LogP contribution in [0.4, 0.5) is 30.2 Å². The summed E-state index contributed by atoms with van der Waals surface area (Å²) in [6.45, 7) is 10.4. The first-order valence-corrected chi connectivity index (χ1v) is 28.8. The van der Waals surface area contributed by atoms with E-state index in [4.69, 9.17) is 14.2 Å². The SMILES string of the molecule is COc1cc(CN2CCN(C3CC4(CCN(c5ccc(C(=O)NS(=O)(=O)c6ccc(NCC7CCC(C)(O)CC7)c([N+](=O)[O-])c6)c(Oc6cnc7[nH]ccc7c6)c5)CC4)C3)C(c3ccccc3C(C)C)C2)cc(C(F)(F)F)c1OC. The van der Waals surface area contributed by atoms with Gasteiger partial charge in [-0.3, -0.25) is 24.7 Å². The lowest BCUT2D eigenvalue weighted by molar-refractivity contribution is -0.384. The molecule has 2 saturated heterocycles. The Morgan fingerprint density at radius 2 is 1.69 bits per heavy atom. The number of sulfonamides is 1. The summed E-state index contributed by atoms with van der Waals surface area (Å²) in [4.78, 5) is 39.9. The van der Waals surface area contributed by atoms with Crippen molar-refractivity contribution in [1.82, 2.24) is 24.5 Å². The van der Waals surface area contributed by atoms with Gasteiger partial charge in [0.15, 0.2) is 11.5 Å². The number of hydrogen-bond donors (Lipinski definition) is 4. The van der Waals surface area contributed by atoms with Crippen LogP contribution in [0.25, 0.3) is 11.0 Å². The Morgan fingerprint density at radius 3 is 2.39 bits per heavy atom. The molecule has 1 unspecified atom stereocenters. The number of aliphatic hydroxyl groups is 1. The van der Waals surface area contributed by atoms with E-state index in [9.17, 15) is 41.6 Å². The maximum Gasteiger partial charge on any atom is 0.420 e. The average molecular weight is 1120 g/mol. The Hall–Kier alpha value is -6.94.